The molecule has 0 amide bonds. The number of nitrogens with zero attached hydrogens (tertiary/aromatic N) is 1. The van der Waals surface area contributed by atoms with Crippen molar-refractivity contribution in [2.24, 2.45) is 0 Å². The van der Waals surface area contributed by atoms with Crippen molar-refractivity contribution in [3.63, 3.8) is 0 Å². The second kappa shape index (κ2) is 6.97. The maximum atomic E-state index is 11.3. The van der Waals surface area contributed by atoms with E-state index in [0.717, 1.165) is 0 Å². The predicted molar refractivity (Wildman–Crippen MR) is 83.3 cm³/mol. The lowest BCUT2D eigenvalue weighted by Crippen LogP contribution is -2.05. The van der Waals surface area contributed by atoms with Crippen LogP contribution < -0.4 is 14.2 Å². The fourth-order valence-corrected chi connectivity index (χ4v) is 2.23. The van der Waals surface area contributed by atoms with Gasteiger partial charge in [-0.15, -0.1) is 0 Å². The van der Waals surface area contributed by atoms with E-state index in [9.17, 15) is 15.2 Å². The van der Waals surface area contributed by atoms with Crippen molar-refractivity contribution in [3.05, 3.63) is 57.6 Å². The van der Waals surface area contributed by atoms with Crippen LogP contribution in [0, 0.1) is 10.1 Å². The van der Waals surface area contributed by atoms with Gasteiger partial charge in [0.1, 0.15) is 11.9 Å². The van der Waals surface area contributed by atoms with E-state index in [2.05, 4.69) is 0 Å². The largest absolute Gasteiger partial charge is 0.497 e. The molecule has 0 radical (unpaired) electrons. The van der Waals surface area contributed by atoms with Gasteiger partial charge in [-0.1, -0.05) is 12.1 Å². The van der Waals surface area contributed by atoms with Crippen LogP contribution in [0.25, 0.3) is 0 Å². The highest BCUT2D eigenvalue weighted by Crippen LogP contribution is 2.39. The van der Waals surface area contributed by atoms with Crippen molar-refractivity contribution in [2.75, 3.05) is 21.3 Å². The van der Waals surface area contributed by atoms with Gasteiger partial charge in [0.05, 0.1) is 37.9 Å². The molecule has 0 aliphatic heterocycles. The number of methoxy groups -OCH3 is 3. The van der Waals surface area contributed by atoms with Crippen molar-refractivity contribution in [1.82, 2.24) is 0 Å². The Morgan fingerprint density at radius 3 is 2.04 bits per heavy atom. The lowest BCUT2D eigenvalue weighted by molar-refractivity contribution is -0.386. The van der Waals surface area contributed by atoms with Crippen LogP contribution in [0.5, 0.6) is 17.2 Å². The van der Waals surface area contributed by atoms with E-state index in [1.165, 1.54) is 33.5 Å². The summed E-state index contributed by atoms with van der Waals surface area (Å²) >= 11 is 0. The Balaban J connectivity index is 2.52. The lowest BCUT2D eigenvalue weighted by atomic mass is 9.99. The SMILES string of the molecule is COc1ccc([C@H](O)c2cc(OC)c(OC)cc2[N+](=O)[O-])cc1. The van der Waals surface area contributed by atoms with Crippen molar-refractivity contribution in [2.45, 2.75) is 6.10 Å². The molecule has 122 valence electrons. The van der Waals surface area contributed by atoms with Crippen LogP contribution in [0.4, 0.5) is 5.69 Å². The molecule has 0 bridgehead atoms. The fraction of sp³-hybridized carbons (Fsp3) is 0.250. The van der Waals surface area contributed by atoms with Crippen molar-refractivity contribution in [3.8, 4) is 17.2 Å². The van der Waals surface area contributed by atoms with Gasteiger partial charge in [0.25, 0.3) is 5.69 Å². The average Bonchev–Trinajstić information content (AvgIpc) is 2.59. The molecule has 0 aliphatic carbocycles. The smallest absolute Gasteiger partial charge is 0.279 e. The maximum Gasteiger partial charge on any atom is 0.279 e. The van der Waals surface area contributed by atoms with E-state index in [1.807, 2.05) is 0 Å². The van der Waals surface area contributed by atoms with Crippen LogP contribution >= 0.6 is 0 Å². The number of aliphatic hydroxyl groups is 1. The first-order valence-corrected chi connectivity index (χ1v) is 6.74. The minimum atomic E-state index is -1.18. The summed E-state index contributed by atoms with van der Waals surface area (Å²) < 4.78 is 15.3. The Kier molecular flexibility index (Phi) is 5.02. The third kappa shape index (κ3) is 3.35. The third-order valence-corrected chi connectivity index (χ3v) is 3.46. The zero-order chi connectivity index (χ0) is 17.0. The molecule has 1 N–H and O–H groups in total. The van der Waals surface area contributed by atoms with Gasteiger partial charge in [-0.3, -0.25) is 10.1 Å². The summed E-state index contributed by atoms with van der Waals surface area (Å²) in [5.74, 6) is 1.16. The fourth-order valence-electron chi connectivity index (χ4n) is 2.23. The third-order valence-electron chi connectivity index (χ3n) is 3.46. The zero-order valence-electron chi connectivity index (χ0n) is 13.0. The molecule has 1 atom stereocenters. The number of nitro groups is 1. The molecule has 0 aliphatic rings. The summed E-state index contributed by atoms with van der Waals surface area (Å²) in [6, 6.07) is 9.27. The van der Waals surface area contributed by atoms with Gasteiger partial charge in [-0.2, -0.15) is 0 Å². The quantitative estimate of drug-likeness (QED) is 0.650. The molecule has 2 rings (SSSR count). The van der Waals surface area contributed by atoms with Crippen molar-refractivity contribution in [1.29, 1.82) is 0 Å². The van der Waals surface area contributed by atoms with Gasteiger partial charge in [0, 0.05) is 0 Å². The first-order chi connectivity index (χ1) is 11.0. The van der Waals surface area contributed by atoms with Gasteiger partial charge in [0.15, 0.2) is 11.5 Å². The summed E-state index contributed by atoms with van der Waals surface area (Å²) in [5.41, 5.74) is 0.380. The average molecular weight is 319 g/mol. The van der Waals surface area contributed by atoms with Gasteiger partial charge in [-0.25, -0.2) is 0 Å². The molecule has 2 aromatic rings. The predicted octanol–water partition coefficient (Wildman–Crippen LogP) is 2.70. The van der Waals surface area contributed by atoms with Crippen LogP contribution in [-0.4, -0.2) is 31.4 Å². The molecular weight excluding hydrogens is 302 g/mol. The second-order valence-corrected chi connectivity index (χ2v) is 4.70. The molecule has 0 aromatic heterocycles. The molecule has 0 fully saturated rings. The number of rotatable bonds is 6. The highest BCUT2D eigenvalue weighted by molar-refractivity contribution is 5.56. The summed E-state index contributed by atoms with van der Waals surface area (Å²) in [7, 11) is 4.35. The molecule has 0 unspecified atom stereocenters. The standard InChI is InChI=1S/C16H17NO6/c1-21-11-6-4-10(5-7-11)16(18)12-8-14(22-2)15(23-3)9-13(12)17(19)20/h4-9,16,18H,1-3H3/t16-/m0/s1. The molecule has 0 heterocycles. The summed E-state index contributed by atoms with van der Waals surface area (Å²) in [4.78, 5) is 10.7. The van der Waals surface area contributed by atoms with Crippen LogP contribution in [0.2, 0.25) is 0 Å². The topological polar surface area (TPSA) is 91.1 Å². The van der Waals surface area contributed by atoms with Crippen molar-refractivity contribution >= 4 is 5.69 Å². The van der Waals surface area contributed by atoms with E-state index in [-0.39, 0.29) is 17.0 Å². The number of benzene rings is 2. The van der Waals surface area contributed by atoms with Crippen molar-refractivity contribution < 1.29 is 24.2 Å². The normalized spacial score (nSPS) is 11.7. The lowest BCUT2D eigenvalue weighted by Gasteiger charge is -2.15. The molecule has 7 nitrogen and oxygen atoms in total. The minimum Gasteiger partial charge on any atom is -0.497 e. The highest BCUT2D eigenvalue weighted by Gasteiger charge is 2.25. The van der Waals surface area contributed by atoms with Crippen LogP contribution in [0.3, 0.4) is 0 Å². The second-order valence-electron chi connectivity index (χ2n) is 4.70. The molecule has 0 saturated heterocycles. The van der Waals surface area contributed by atoms with Crippen LogP contribution in [0.1, 0.15) is 17.2 Å². The molecule has 0 saturated carbocycles. The zero-order valence-corrected chi connectivity index (χ0v) is 13.0. The molecule has 7 heteroatoms. The Bertz CT molecular complexity index is 698. The summed E-state index contributed by atoms with van der Waals surface area (Å²) in [5, 5.41) is 21.8. The molecule has 2 aromatic carbocycles. The Hall–Kier alpha value is -2.80. The highest BCUT2D eigenvalue weighted by atomic mass is 16.6. The first-order valence-electron chi connectivity index (χ1n) is 6.74. The minimum absolute atomic E-state index is 0.123. The number of ether oxygens (including phenoxy) is 3. The monoisotopic (exact) mass is 319 g/mol. The number of hydrogen-bond donors (Lipinski definition) is 1. The molecular formula is C16H17NO6. The van der Waals surface area contributed by atoms with Crippen LogP contribution in [-0.2, 0) is 0 Å². The van der Waals surface area contributed by atoms with E-state index < -0.39 is 11.0 Å². The van der Waals surface area contributed by atoms with Gasteiger partial charge in [0.2, 0.25) is 0 Å². The maximum absolute atomic E-state index is 11.3. The van der Waals surface area contributed by atoms with E-state index in [1.54, 1.807) is 24.3 Å². The molecule has 0 spiro atoms. The number of aliphatic hydroxyl groups excluding tert-OH is 1. The Morgan fingerprint density at radius 1 is 1.00 bits per heavy atom. The van der Waals surface area contributed by atoms with E-state index >= 15 is 0 Å². The van der Waals surface area contributed by atoms with Gasteiger partial charge in [-0.05, 0) is 23.8 Å². The van der Waals surface area contributed by atoms with E-state index in [4.69, 9.17) is 14.2 Å². The number of nitro benzene ring substituents is 1. The van der Waals surface area contributed by atoms with Gasteiger partial charge >= 0.3 is 0 Å². The molecule has 23 heavy (non-hydrogen) atoms. The van der Waals surface area contributed by atoms with E-state index in [0.29, 0.717) is 17.1 Å². The number of hydrogen-bond acceptors (Lipinski definition) is 6. The summed E-state index contributed by atoms with van der Waals surface area (Å²) in [6.45, 7) is 0. The van der Waals surface area contributed by atoms with Gasteiger partial charge < -0.3 is 19.3 Å². The Morgan fingerprint density at radius 2 is 1.57 bits per heavy atom. The van der Waals surface area contributed by atoms with Crippen LogP contribution in [0.15, 0.2) is 36.4 Å². The summed E-state index contributed by atoms with van der Waals surface area (Å²) in [6.07, 6.45) is -1.18. The Labute approximate surface area is 133 Å². The first kappa shape index (κ1) is 16.6.